The number of fused-ring (bicyclic) bond motifs is 3. The number of anilines is 2. The van der Waals surface area contributed by atoms with Gasteiger partial charge in [-0.2, -0.15) is 5.10 Å². The molecule has 1 aromatic heterocycles. The molecule has 3 aromatic carbocycles. The lowest BCUT2D eigenvalue weighted by molar-refractivity contribution is -0.118. The number of nitrogens with zero attached hydrogens (tertiary/aromatic N) is 2. The van der Waals surface area contributed by atoms with Gasteiger partial charge < -0.3 is 20.3 Å². The average Bonchev–Trinajstić information content (AvgIpc) is 3.49. The van der Waals surface area contributed by atoms with Crippen molar-refractivity contribution < 1.29 is 9.53 Å². The highest BCUT2D eigenvalue weighted by Crippen LogP contribution is 2.65. The number of piperazine rings is 1. The van der Waals surface area contributed by atoms with Crippen molar-refractivity contribution in [3.8, 4) is 5.75 Å². The van der Waals surface area contributed by atoms with Crippen LogP contribution in [0.25, 0.3) is 23.1 Å². The van der Waals surface area contributed by atoms with Gasteiger partial charge in [0.05, 0.1) is 23.7 Å². The Morgan fingerprint density at radius 1 is 1.03 bits per heavy atom. The zero-order chi connectivity index (χ0) is 25.0. The summed E-state index contributed by atoms with van der Waals surface area (Å²) < 4.78 is 5.42. The van der Waals surface area contributed by atoms with Crippen LogP contribution >= 0.6 is 0 Å². The van der Waals surface area contributed by atoms with E-state index in [2.05, 4.69) is 80.3 Å². The van der Waals surface area contributed by atoms with Crippen LogP contribution in [-0.4, -0.2) is 49.4 Å². The second-order valence-electron chi connectivity index (χ2n) is 10.2. The van der Waals surface area contributed by atoms with E-state index in [0.29, 0.717) is 0 Å². The summed E-state index contributed by atoms with van der Waals surface area (Å²) in [5.74, 6) is 0.998. The molecule has 7 nitrogen and oxygen atoms in total. The SMILES string of the molecule is COc1ccc2c(c1)[C@]1(C[C@H]1c1ccc3c(C=Cc4ccc(N5CCNCC5)cc4)n[nH]c3c1)C(=O)N2. The lowest BCUT2D eigenvalue weighted by Gasteiger charge is -2.29. The third-order valence-electron chi connectivity index (χ3n) is 8.15. The molecule has 1 saturated heterocycles. The van der Waals surface area contributed by atoms with E-state index in [9.17, 15) is 4.79 Å². The molecule has 2 atom stereocenters. The van der Waals surface area contributed by atoms with Crippen molar-refractivity contribution in [1.29, 1.82) is 0 Å². The van der Waals surface area contributed by atoms with Crippen LogP contribution in [0.2, 0.25) is 0 Å². The Kier molecular flexibility index (Phi) is 5.08. The average molecular weight is 492 g/mol. The number of carbonyl (C=O) groups is 1. The Morgan fingerprint density at radius 2 is 1.86 bits per heavy atom. The fourth-order valence-electron chi connectivity index (χ4n) is 6.00. The number of benzene rings is 3. The van der Waals surface area contributed by atoms with Crippen LogP contribution in [0.5, 0.6) is 5.75 Å². The molecule has 7 heteroatoms. The third kappa shape index (κ3) is 3.61. The first kappa shape index (κ1) is 22.1. The van der Waals surface area contributed by atoms with Crippen molar-refractivity contribution >= 4 is 40.3 Å². The minimum absolute atomic E-state index is 0.0806. The van der Waals surface area contributed by atoms with E-state index < -0.39 is 5.41 Å². The highest BCUT2D eigenvalue weighted by Gasteiger charge is 2.65. The fraction of sp³-hybridized carbons (Fsp3) is 0.267. The Bertz CT molecular complexity index is 1530. The molecule has 3 aliphatic rings. The molecule has 0 radical (unpaired) electrons. The number of hydrogen-bond donors (Lipinski definition) is 3. The monoisotopic (exact) mass is 491 g/mol. The van der Waals surface area contributed by atoms with E-state index in [1.807, 2.05) is 18.2 Å². The summed E-state index contributed by atoms with van der Waals surface area (Å²) in [6, 6.07) is 20.9. The number of ether oxygens (including phenoxy) is 1. The summed E-state index contributed by atoms with van der Waals surface area (Å²) in [5.41, 5.74) is 6.89. The van der Waals surface area contributed by atoms with Crippen molar-refractivity contribution in [3.05, 3.63) is 83.0 Å². The van der Waals surface area contributed by atoms with Crippen LogP contribution in [0.15, 0.2) is 60.7 Å². The number of hydrogen-bond acceptors (Lipinski definition) is 5. The largest absolute Gasteiger partial charge is 0.497 e. The molecule has 1 aliphatic carbocycles. The standard InChI is InChI=1S/C30H29N5O2/c1-37-22-8-11-27-24(17-22)30(29(36)32-27)18-25(30)20-5-9-23-26(33-34-28(23)16-20)10-4-19-2-6-21(7-3-19)35-14-12-31-13-15-35/h2-11,16-17,25,31H,12-15,18H2,1H3,(H,32,36)(H,33,34)/t25-,30-/m0/s1. The number of methoxy groups -OCH3 is 1. The molecule has 186 valence electrons. The van der Waals surface area contributed by atoms with Gasteiger partial charge in [0, 0.05) is 48.9 Å². The fourth-order valence-corrected chi connectivity index (χ4v) is 6.00. The molecular weight excluding hydrogens is 462 g/mol. The van der Waals surface area contributed by atoms with Gasteiger partial charge in [-0.3, -0.25) is 9.89 Å². The van der Waals surface area contributed by atoms with Crippen LogP contribution in [0.4, 0.5) is 11.4 Å². The second-order valence-corrected chi connectivity index (χ2v) is 10.2. The van der Waals surface area contributed by atoms with Crippen molar-refractivity contribution in [2.75, 3.05) is 43.5 Å². The summed E-state index contributed by atoms with van der Waals surface area (Å²) in [5, 5.41) is 15.3. The van der Waals surface area contributed by atoms with Crippen molar-refractivity contribution in [1.82, 2.24) is 15.5 Å². The van der Waals surface area contributed by atoms with Crippen LogP contribution in [0.1, 0.15) is 34.7 Å². The third-order valence-corrected chi connectivity index (χ3v) is 8.15. The van der Waals surface area contributed by atoms with Crippen LogP contribution in [-0.2, 0) is 10.2 Å². The smallest absolute Gasteiger partial charge is 0.235 e. The maximum absolute atomic E-state index is 13.0. The highest BCUT2D eigenvalue weighted by atomic mass is 16.5. The zero-order valence-corrected chi connectivity index (χ0v) is 20.8. The molecular formula is C30H29N5O2. The summed E-state index contributed by atoms with van der Waals surface area (Å²) in [4.78, 5) is 15.4. The molecule has 0 bridgehead atoms. The van der Waals surface area contributed by atoms with E-state index >= 15 is 0 Å². The zero-order valence-electron chi connectivity index (χ0n) is 20.8. The van der Waals surface area contributed by atoms with Gasteiger partial charge in [0.2, 0.25) is 5.91 Å². The van der Waals surface area contributed by atoms with Crippen molar-refractivity contribution in [3.63, 3.8) is 0 Å². The van der Waals surface area contributed by atoms with Crippen molar-refractivity contribution in [2.45, 2.75) is 17.8 Å². The summed E-state index contributed by atoms with van der Waals surface area (Å²) in [6.45, 7) is 4.16. The van der Waals surface area contributed by atoms with E-state index in [1.54, 1.807) is 7.11 Å². The van der Waals surface area contributed by atoms with Gasteiger partial charge in [0.15, 0.2) is 0 Å². The molecule has 37 heavy (non-hydrogen) atoms. The van der Waals surface area contributed by atoms with Gasteiger partial charge in [-0.1, -0.05) is 30.3 Å². The molecule has 7 rings (SSSR count). The molecule has 2 fully saturated rings. The van der Waals surface area contributed by atoms with E-state index in [0.717, 1.165) is 77.3 Å². The van der Waals surface area contributed by atoms with Crippen molar-refractivity contribution in [2.24, 2.45) is 0 Å². The summed E-state index contributed by atoms with van der Waals surface area (Å²) >= 11 is 0. The first-order valence-electron chi connectivity index (χ1n) is 12.9. The number of nitrogens with one attached hydrogen (secondary N) is 3. The maximum atomic E-state index is 13.0. The van der Waals surface area contributed by atoms with Gasteiger partial charge >= 0.3 is 0 Å². The Hall–Kier alpha value is -4.10. The normalized spacial score (nSPS) is 22.6. The van der Waals surface area contributed by atoms with Gasteiger partial charge in [0.1, 0.15) is 5.75 Å². The molecule has 1 amide bonds. The molecule has 3 heterocycles. The predicted octanol–water partition coefficient (Wildman–Crippen LogP) is 4.53. The molecule has 1 saturated carbocycles. The van der Waals surface area contributed by atoms with Crippen LogP contribution in [0, 0.1) is 0 Å². The molecule has 4 aromatic rings. The highest BCUT2D eigenvalue weighted by molar-refractivity contribution is 6.10. The molecule has 1 spiro atoms. The number of carbonyl (C=O) groups excluding carboxylic acids is 1. The first-order valence-corrected chi connectivity index (χ1v) is 12.9. The number of aromatic amines is 1. The Labute approximate surface area is 215 Å². The molecule has 3 N–H and O–H groups in total. The lowest BCUT2D eigenvalue weighted by atomic mass is 9.91. The number of rotatable bonds is 5. The van der Waals surface area contributed by atoms with E-state index in [1.165, 1.54) is 5.69 Å². The van der Waals surface area contributed by atoms with Gasteiger partial charge in [-0.25, -0.2) is 0 Å². The minimum Gasteiger partial charge on any atom is -0.497 e. The topological polar surface area (TPSA) is 82.3 Å². The summed E-state index contributed by atoms with van der Waals surface area (Å²) in [6.07, 6.45) is 4.97. The predicted molar refractivity (Wildman–Crippen MR) is 147 cm³/mol. The molecule has 2 aliphatic heterocycles. The number of amides is 1. The van der Waals surface area contributed by atoms with Gasteiger partial charge in [-0.15, -0.1) is 0 Å². The molecule has 0 unspecified atom stereocenters. The number of aromatic nitrogens is 2. The lowest BCUT2D eigenvalue weighted by Crippen LogP contribution is -2.43. The Morgan fingerprint density at radius 3 is 2.68 bits per heavy atom. The quantitative estimate of drug-likeness (QED) is 0.382. The minimum atomic E-state index is -0.503. The Balaban J connectivity index is 1.11. The van der Waals surface area contributed by atoms with Crippen LogP contribution in [0.3, 0.4) is 0 Å². The van der Waals surface area contributed by atoms with Crippen LogP contribution < -0.4 is 20.3 Å². The maximum Gasteiger partial charge on any atom is 0.235 e. The second kappa shape index (κ2) is 8.49. The van der Waals surface area contributed by atoms with E-state index in [-0.39, 0.29) is 11.8 Å². The first-order chi connectivity index (χ1) is 18.2. The van der Waals surface area contributed by atoms with Gasteiger partial charge in [-0.05, 0) is 65.6 Å². The number of H-pyrrole nitrogens is 1. The van der Waals surface area contributed by atoms with Gasteiger partial charge in [0.25, 0.3) is 0 Å². The summed E-state index contributed by atoms with van der Waals surface area (Å²) in [7, 11) is 1.66. The van der Waals surface area contributed by atoms with E-state index in [4.69, 9.17) is 4.74 Å².